The Balaban J connectivity index is 1.32. The summed E-state index contributed by atoms with van der Waals surface area (Å²) in [5, 5.41) is 5.21. The van der Waals surface area contributed by atoms with Crippen LogP contribution in [0.5, 0.6) is 5.88 Å². The zero-order valence-electron chi connectivity index (χ0n) is 21.6. The molecule has 1 unspecified atom stereocenters. The van der Waals surface area contributed by atoms with Crippen molar-refractivity contribution >= 4 is 11.0 Å². The molecule has 206 valence electrons. The summed E-state index contributed by atoms with van der Waals surface area (Å²) in [6.45, 7) is 1.03. The number of fused-ring (bicyclic) bond motifs is 1. The highest BCUT2D eigenvalue weighted by atomic mass is 19.4. The Kier molecular flexibility index (Phi) is 6.43. The molecule has 1 saturated carbocycles. The molecule has 0 bridgehead atoms. The largest absolute Gasteiger partial charge is 0.480 e. The number of hydrogen-bond acceptors (Lipinski definition) is 7. The van der Waals surface area contributed by atoms with E-state index in [4.69, 9.17) is 9.72 Å². The Labute approximate surface area is 225 Å². The fourth-order valence-electron chi connectivity index (χ4n) is 4.60. The molecule has 5 aromatic rings. The van der Waals surface area contributed by atoms with E-state index in [-0.39, 0.29) is 5.82 Å². The van der Waals surface area contributed by atoms with Crippen LogP contribution in [0.2, 0.25) is 0 Å². The monoisotopic (exact) mass is 552 g/mol. The van der Waals surface area contributed by atoms with Crippen LogP contribution in [-0.2, 0) is 12.7 Å². The molecule has 0 radical (unpaired) electrons. The van der Waals surface area contributed by atoms with E-state index in [1.54, 1.807) is 48.5 Å². The molecular weight excluding hydrogens is 528 g/mol. The Morgan fingerprint density at radius 2 is 1.82 bits per heavy atom. The van der Waals surface area contributed by atoms with Gasteiger partial charge in [0.1, 0.15) is 24.4 Å². The molecule has 1 aromatic carbocycles. The highest BCUT2D eigenvalue weighted by molar-refractivity contribution is 5.77. The lowest BCUT2D eigenvalue weighted by Crippen LogP contribution is -2.08. The second-order valence-electron chi connectivity index (χ2n) is 9.75. The average Bonchev–Trinajstić information content (AvgIpc) is 3.58. The molecule has 0 saturated heterocycles. The van der Waals surface area contributed by atoms with Crippen LogP contribution >= 0.6 is 0 Å². The topological polar surface area (TPSA) is 96.4 Å². The van der Waals surface area contributed by atoms with Crippen molar-refractivity contribution < 1.29 is 22.3 Å². The van der Waals surface area contributed by atoms with Gasteiger partial charge in [-0.05, 0) is 25.3 Å². The van der Waals surface area contributed by atoms with E-state index in [1.807, 2.05) is 0 Å². The van der Waals surface area contributed by atoms with Crippen molar-refractivity contribution in [1.29, 1.82) is 0 Å². The van der Waals surface area contributed by atoms with Crippen molar-refractivity contribution in [3.05, 3.63) is 66.1 Å². The van der Waals surface area contributed by atoms with Gasteiger partial charge in [0.2, 0.25) is 5.88 Å². The molecular formula is C27H24F4N8O. The molecule has 0 N–H and O–H groups in total. The first-order valence-corrected chi connectivity index (χ1v) is 12.7. The van der Waals surface area contributed by atoms with Gasteiger partial charge >= 0.3 is 6.18 Å². The molecule has 1 fully saturated rings. The summed E-state index contributed by atoms with van der Waals surface area (Å²) in [5.74, 6) is 1.23. The van der Waals surface area contributed by atoms with Crippen molar-refractivity contribution in [3.63, 3.8) is 0 Å². The molecule has 1 aliphatic rings. The van der Waals surface area contributed by atoms with Gasteiger partial charge in [-0.3, -0.25) is 0 Å². The number of alkyl halides is 4. The normalized spacial score (nSPS) is 14.6. The first-order valence-electron chi connectivity index (χ1n) is 12.7. The number of ether oxygens (including phenoxy) is 1. The maximum atomic E-state index is 13.4. The summed E-state index contributed by atoms with van der Waals surface area (Å²) in [5.41, 5.74) is 2.35. The van der Waals surface area contributed by atoms with Gasteiger partial charge in [-0.25, -0.2) is 34.0 Å². The lowest BCUT2D eigenvalue weighted by atomic mass is 10.1. The zero-order valence-corrected chi connectivity index (χ0v) is 21.6. The van der Waals surface area contributed by atoms with Crippen LogP contribution in [0.4, 0.5) is 17.6 Å². The molecule has 0 amide bonds. The summed E-state index contributed by atoms with van der Waals surface area (Å²) in [4.78, 5) is 21.8. The van der Waals surface area contributed by atoms with Crippen LogP contribution in [-0.4, -0.2) is 53.1 Å². The van der Waals surface area contributed by atoms with Gasteiger partial charge in [0.05, 0.1) is 37.0 Å². The highest BCUT2D eigenvalue weighted by Crippen LogP contribution is 2.45. The van der Waals surface area contributed by atoms with Gasteiger partial charge in [0, 0.05) is 23.9 Å². The van der Waals surface area contributed by atoms with Crippen molar-refractivity contribution in [2.45, 2.75) is 44.4 Å². The Hall–Kier alpha value is -4.42. The molecule has 9 nitrogen and oxygen atoms in total. The first-order chi connectivity index (χ1) is 19.3. The third-order valence-corrected chi connectivity index (χ3v) is 6.86. The lowest BCUT2D eigenvalue weighted by Gasteiger charge is -2.13. The van der Waals surface area contributed by atoms with Gasteiger partial charge in [0.15, 0.2) is 17.2 Å². The molecule has 0 spiro atoms. The van der Waals surface area contributed by atoms with E-state index in [1.165, 1.54) is 17.8 Å². The van der Waals surface area contributed by atoms with Crippen molar-refractivity contribution in [2.24, 2.45) is 0 Å². The standard InChI is InChI=1S/C27H24F4N8O/c1-15(9-28)38-13-20(27(29,30)31)36-24(38)18-5-3-16(4-6-18)12-39-25-19(11-35-39)10-32-23(37-25)21-22(17-7-8-17)33-14-34-26(21)40-2/h3-6,10-11,13-15,17H,7-9,12H2,1-2H3. The first kappa shape index (κ1) is 25.8. The third kappa shape index (κ3) is 4.75. The molecule has 6 rings (SSSR count). The number of halogens is 4. The number of imidazole rings is 1. The van der Waals surface area contributed by atoms with E-state index in [0.717, 1.165) is 35.7 Å². The van der Waals surface area contributed by atoms with E-state index < -0.39 is 24.6 Å². The second kappa shape index (κ2) is 9.96. The van der Waals surface area contributed by atoms with Gasteiger partial charge < -0.3 is 9.30 Å². The fraction of sp³-hybridized carbons (Fsp3) is 0.333. The summed E-state index contributed by atoms with van der Waals surface area (Å²) in [6.07, 6.45) is 3.13. The van der Waals surface area contributed by atoms with Crippen LogP contribution in [0.25, 0.3) is 33.8 Å². The SMILES string of the molecule is COc1ncnc(C2CC2)c1-c1ncc2cnn(Cc3ccc(-c4nc(C(F)(F)F)cn4C(C)CF)cc3)c2n1. The van der Waals surface area contributed by atoms with Gasteiger partial charge in [-0.1, -0.05) is 24.3 Å². The van der Waals surface area contributed by atoms with Crippen LogP contribution < -0.4 is 4.74 Å². The smallest absolute Gasteiger partial charge is 0.434 e. The third-order valence-electron chi connectivity index (χ3n) is 6.86. The summed E-state index contributed by atoms with van der Waals surface area (Å²) in [7, 11) is 1.55. The number of rotatable bonds is 8. The van der Waals surface area contributed by atoms with Crippen molar-refractivity contribution in [3.8, 4) is 28.7 Å². The van der Waals surface area contributed by atoms with E-state index >= 15 is 0 Å². The molecule has 0 aliphatic heterocycles. The zero-order chi connectivity index (χ0) is 28.0. The van der Waals surface area contributed by atoms with Gasteiger partial charge in [-0.2, -0.15) is 18.3 Å². The Morgan fingerprint density at radius 1 is 1.05 bits per heavy atom. The summed E-state index contributed by atoms with van der Waals surface area (Å²) in [6, 6.07) is 6.09. The number of methoxy groups -OCH3 is 1. The van der Waals surface area contributed by atoms with Crippen LogP contribution in [0.1, 0.15) is 48.7 Å². The minimum Gasteiger partial charge on any atom is -0.480 e. The average molecular weight is 553 g/mol. The number of aromatic nitrogens is 8. The van der Waals surface area contributed by atoms with E-state index in [9.17, 15) is 17.6 Å². The second-order valence-corrected chi connectivity index (χ2v) is 9.75. The predicted molar refractivity (Wildman–Crippen MR) is 137 cm³/mol. The van der Waals surface area contributed by atoms with Crippen LogP contribution in [0.15, 0.2) is 49.2 Å². The van der Waals surface area contributed by atoms with Gasteiger partial charge in [0.25, 0.3) is 0 Å². The molecule has 40 heavy (non-hydrogen) atoms. The number of benzene rings is 1. The minimum absolute atomic E-state index is 0.0523. The number of hydrogen-bond donors (Lipinski definition) is 0. The number of nitrogens with zero attached hydrogens (tertiary/aromatic N) is 8. The maximum absolute atomic E-state index is 13.4. The van der Waals surface area contributed by atoms with E-state index in [2.05, 4.69) is 25.0 Å². The van der Waals surface area contributed by atoms with Gasteiger partial charge in [-0.15, -0.1) is 0 Å². The Morgan fingerprint density at radius 3 is 2.50 bits per heavy atom. The molecule has 13 heteroatoms. The molecule has 4 heterocycles. The molecule has 1 aliphatic carbocycles. The quantitative estimate of drug-likeness (QED) is 0.230. The molecule has 4 aromatic heterocycles. The lowest BCUT2D eigenvalue weighted by molar-refractivity contribution is -0.140. The van der Waals surface area contributed by atoms with Crippen molar-refractivity contribution in [1.82, 2.24) is 39.3 Å². The molecule has 1 atom stereocenters. The Bertz CT molecular complexity index is 1670. The van der Waals surface area contributed by atoms with E-state index in [0.29, 0.717) is 40.9 Å². The highest BCUT2D eigenvalue weighted by Gasteiger charge is 2.35. The van der Waals surface area contributed by atoms with Crippen LogP contribution in [0.3, 0.4) is 0 Å². The summed E-state index contributed by atoms with van der Waals surface area (Å²) < 4.78 is 61.7. The fourth-order valence-corrected chi connectivity index (χ4v) is 4.60. The predicted octanol–water partition coefficient (Wildman–Crippen LogP) is 5.63. The maximum Gasteiger partial charge on any atom is 0.434 e. The van der Waals surface area contributed by atoms with Crippen molar-refractivity contribution in [2.75, 3.05) is 13.8 Å². The van der Waals surface area contributed by atoms with Crippen LogP contribution in [0, 0.1) is 0 Å². The summed E-state index contributed by atoms with van der Waals surface area (Å²) >= 11 is 0. The minimum atomic E-state index is -4.63.